The van der Waals surface area contributed by atoms with Gasteiger partial charge in [-0.2, -0.15) is 0 Å². The molecule has 2 aromatic carbocycles. The van der Waals surface area contributed by atoms with Gasteiger partial charge in [-0.3, -0.25) is 14.6 Å². The number of piperazine rings is 1. The first kappa shape index (κ1) is 19.9. The maximum atomic E-state index is 13.0. The Bertz CT molecular complexity index is 881. The molecule has 2 saturated heterocycles. The van der Waals surface area contributed by atoms with E-state index in [-0.39, 0.29) is 11.9 Å². The Labute approximate surface area is 176 Å². The van der Waals surface area contributed by atoms with Crippen molar-refractivity contribution in [1.82, 2.24) is 20.0 Å². The molecule has 0 radical (unpaired) electrons. The van der Waals surface area contributed by atoms with E-state index >= 15 is 0 Å². The Morgan fingerprint density at radius 3 is 2.21 bits per heavy atom. The summed E-state index contributed by atoms with van der Waals surface area (Å²) in [5.41, 5.74) is 1.03. The van der Waals surface area contributed by atoms with Gasteiger partial charge >= 0.3 is 6.03 Å². The molecule has 3 amide bonds. The van der Waals surface area contributed by atoms with Crippen LogP contribution in [0.5, 0.6) is 0 Å². The monoisotopic (exact) mass is 412 g/mol. The van der Waals surface area contributed by atoms with Gasteiger partial charge in [0.25, 0.3) is 5.91 Å². The molecule has 2 aliphatic rings. The number of imide groups is 1. The van der Waals surface area contributed by atoms with Gasteiger partial charge in [0, 0.05) is 37.7 Å². The summed E-state index contributed by atoms with van der Waals surface area (Å²) in [7, 11) is 0. The van der Waals surface area contributed by atoms with Crippen LogP contribution >= 0.6 is 11.6 Å². The van der Waals surface area contributed by atoms with Crippen LogP contribution in [0.15, 0.2) is 54.6 Å². The molecule has 6 nitrogen and oxygen atoms in total. The summed E-state index contributed by atoms with van der Waals surface area (Å²) < 4.78 is 0. The zero-order chi connectivity index (χ0) is 20.4. The second kappa shape index (κ2) is 8.14. The zero-order valence-corrected chi connectivity index (χ0v) is 17.2. The first-order valence-electron chi connectivity index (χ1n) is 9.84. The summed E-state index contributed by atoms with van der Waals surface area (Å²) in [6, 6.07) is 17.0. The topological polar surface area (TPSA) is 55.9 Å². The van der Waals surface area contributed by atoms with Crippen LogP contribution in [0, 0.1) is 0 Å². The summed E-state index contributed by atoms with van der Waals surface area (Å²) >= 11 is 5.95. The van der Waals surface area contributed by atoms with Crippen molar-refractivity contribution in [3.63, 3.8) is 0 Å². The molecular formula is C22H25ClN4O2. The number of nitrogens with zero attached hydrogens (tertiary/aromatic N) is 3. The lowest BCUT2D eigenvalue weighted by Gasteiger charge is -2.36. The van der Waals surface area contributed by atoms with E-state index in [2.05, 4.69) is 15.1 Å². The molecule has 29 heavy (non-hydrogen) atoms. The summed E-state index contributed by atoms with van der Waals surface area (Å²) in [6.45, 7) is 6.37. The van der Waals surface area contributed by atoms with Crippen molar-refractivity contribution in [2.45, 2.75) is 19.0 Å². The van der Waals surface area contributed by atoms with E-state index in [1.165, 1.54) is 10.5 Å². The van der Waals surface area contributed by atoms with Gasteiger partial charge in [0.2, 0.25) is 0 Å². The quantitative estimate of drug-likeness (QED) is 0.767. The fraction of sp³-hybridized carbons (Fsp3) is 0.364. The van der Waals surface area contributed by atoms with E-state index in [0.29, 0.717) is 6.67 Å². The van der Waals surface area contributed by atoms with Crippen molar-refractivity contribution < 1.29 is 9.59 Å². The molecule has 2 fully saturated rings. The van der Waals surface area contributed by atoms with Crippen molar-refractivity contribution >= 4 is 23.5 Å². The second-order valence-corrected chi connectivity index (χ2v) is 8.25. The van der Waals surface area contributed by atoms with Crippen LogP contribution in [0.3, 0.4) is 0 Å². The molecule has 1 unspecified atom stereocenters. The van der Waals surface area contributed by atoms with Gasteiger partial charge in [-0.15, -0.1) is 0 Å². The highest BCUT2D eigenvalue weighted by Crippen LogP contribution is 2.28. The molecule has 1 N–H and O–H groups in total. The molecule has 0 aliphatic carbocycles. The van der Waals surface area contributed by atoms with Crippen molar-refractivity contribution in [3.8, 4) is 0 Å². The molecule has 0 aromatic heterocycles. The van der Waals surface area contributed by atoms with Gasteiger partial charge in [0.05, 0.1) is 6.67 Å². The molecule has 152 valence electrons. The average Bonchev–Trinajstić information content (AvgIpc) is 2.96. The molecule has 1 atom stereocenters. The minimum absolute atomic E-state index is 0.197. The second-order valence-electron chi connectivity index (χ2n) is 7.82. The number of halogens is 1. The van der Waals surface area contributed by atoms with Gasteiger partial charge in [0.15, 0.2) is 0 Å². The van der Waals surface area contributed by atoms with E-state index in [0.717, 1.165) is 43.3 Å². The van der Waals surface area contributed by atoms with Crippen LogP contribution < -0.4 is 5.32 Å². The summed E-state index contributed by atoms with van der Waals surface area (Å²) in [4.78, 5) is 31.4. The lowest BCUT2D eigenvalue weighted by molar-refractivity contribution is -0.132. The van der Waals surface area contributed by atoms with E-state index in [1.54, 1.807) is 6.92 Å². The van der Waals surface area contributed by atoms with Crippen molar-refractivity contribution in [1.29, 1.82) is 0 Å². The molecule has 0 bridgehead atoms. The highest BCUT2D eigenvalue weighted by Gasteiger charge is 2.49. The Hall–Kier alpha value is -2.41. The lowest BCUT2D eigenvalue weighted by atomic mass is 9.92. The molecular weight excluding hydrogens is 388 g/mol. The van der Waals surface area contributed by atoms with Crippen LogP contribution in [0.4, 0.5) is 4.79 Å². The minimum atomic E-state index is -1.01. The maximum Gasteiger partial charge on any atom is 0.326 e. The van der Waals surface area contributed by atoms with Crippen molar-refractivity contribution in [2.24, 2.45) is 0 Å². The number of amides is 3. The highest BCUT2D eigenvalue weighted by molar-refractivity contribution is 6.30. The molecule has 2 heterocycles. The zero-order valence-electron chi connectivity index (χ0n) is 16.5. The molecule has 2 aliphatic heterocycles. The van der Waals surface area contributed by atoms with Gasteiger partial charge in [-0.25, -0.2) is 9.69 Å². The number of urea groups is 1. The normalized spacial score (nSPS) is 23.4. The fourth-order valence-corrected chi connectivity index (χ4v) is 4.06. The standard InChI is InChI=1S/C22H25ClN4O2/c1-22(18-5-3-2-4-6-18)20(28)27(21(29)24-22)16-26-13-11-25(12-14-26)15-17-7-9-19(23)10-8-17/h2-10H,11-16H2,1H3,(H,24,29). The highest BCUT2D eigenvalue weighted by atomic mass is 35.5. The summed E-state index contributed by atoms with van der Waals surface area (Å²) in [5, 5.41) is 3.62. The number of rotatable bonds is 5. The van der Waals surface area contributed by atoms with Crippen LogP contribution in [-0.2, 0) is 16.9 Å². The van der Waals surface area contributed by atoms with Crippen LogP contribution in [-0.4, -0.2) is 59.5 Å². The van der Waals surface area contributed by atoms with Gasteiger partial charge in [-0.05, 0) is 30.2 Å². The number of hydrogen-bond acceptors (Lipinski definition) is 4. The Morgan fingerprint density at radius 2 is 1.55 bits per heavy atom. The predicted octanol–water partition coefficient (Wildman–Crippen LogP) is 2.88. The number of carbonyl (C=O) groups excluding carboxylic acids is 2. The van der Waals surface area contributed by atoms with Crippen LogP contribution in [0.1, 0.15) is 18.1 Å². The number of benzene rings is 2. The van der Waals surface area contributed by atoms with E-state index in [4.69, 9.17) is 11.6 Å². The minimum Gasteiger partial charge on any atom is -0.319 e. The third-order valence-electron chi connectivity index (χ3n) is 5.75. The van der Waals surface area contributed by atoms with Gasteiger partial charge in [-0.1, -0.05) is 54.1 Å². The van der Waals surface area contributed by atoms with Gasteiger partial charge in [0.1, 0.15) is 5.54 Å². The summed E-state index contributed by atoms with van der Waals surface area (Å²) in [6.07, 6.45) is 0. The van der Waals surface area contributed by atoms with Crippen molar-refractivity contribution in [3.05, 3.63) is 70.7 Å². The fourth-order valence-electron chi connectivity index (χ4n) is 3.93. The molecule has 0 spiro atoms. The Kier molecular flexibility index (Phi) is 5.58. The van der Waals surface area contributed by atoms with Gasteiger partial charge < -0.3 is 5.32 Å². The number of hydrogen-bond donors (Lipinski definition) is 1. The average molecular weight is 413 g/mol. The molecule has 7 heteroatoms. The van der Waals surface area contributed by atoms with E-state index in [9.17, 15) is 9.59 Å². The smallest absolute Gasteiger partial charge is 0.319 e. The van der Waals surface area contributed by atoms with Crippen LogP contribution in [0.2, 0.25) is 5.02 Å². The molecule has 2 aromatic rings. The first-order chi connectivity index (χ1) is 14.0. The number of carbonyl (C=O) groups is 2. The number of nitrogens with one attached hydrogen (secondary N) is 1. The third-order valence-corrected chi connectivity index (χ3v) is 6.00. The first-order valence-corrected chi connectivity index (χ1v) is 10.2. The molecule has 0 saturated carbocycles. The largest absolute Gasteiger partial charge is 0.326 e. The molecule has 4 rings (SSSR count). The summed E-state index contributed by atoms with van der Waals surface area (Å²) in [5.74, 6) is -0.197. The SMILES string of the molecule is CC1(c2ccccc2)NC(=O)N(CN2CCN(Cc3ccc(Cl)cc3)CC2)C1=O. The Balaban J connectivity index is 1.34. The van der Waals surface area contributed by atoms with E-state index in [1.807, 2.05) is 54.6 Å². The predicted molar refractivity (Wildman–Crippen MR) is 112 cm³/mol. The Morgan fingerprint density at radius 1 is 0.931 bits per heavy atom. The third kappa shape index (κ3) is 4.15. The van der Waals surface area contributed by atoms with E-state index < -0.39 is 5.54 Å². The van der Waals surface area contributed by atoms with Crippen molar-refractivity contribution in [2.75, 3.05) is 32.8 Å². The van der Waals surface area contributed by atoms with Crippen LogP contribution in [0.25, 0.3) is 0 Å². The maximum absolute atomic E-state index is 13.0. The lowest BCUT2D eigenvalue weighted by Crippen LogP contribution is -2.51.